The van der Waals surface area contributed by atoms with Crippen molar-refractivity contribution in [3.05, 3.63) is 68.8 Å². The third-order valence-electron chi connectivity index (χ3n) is 9.32. The monoisotopic (exact) mass is 588 g/mol. The minimum Gasteiger partial charge on any atom is -0.300 e. The Hall–Kier alpha value is -2.55. The van der Waals surface area contributed by atoms with Gasteiger partial charge in [-0.2, -0.15) is 0 Å². The summed E-state index contributed by atoms with van der Waals surface area (Å²) >= 11 is 0. The molecule has 43 heavy (non-hydrogen) atoms. The molecule has 2 aromatic rings. The SMILES string of the molecule is CCC.CCCC(CC1CC(=O)c2c(C)c(CCc3ccc(CC)c(C)c3)cc(C(C)C)c2C1)C(CC)C(=O)CC(C)=O. The Labute approximate surface area is 263 Å². The predicted molar refractivity (Wildman–Crippen MR) is 182 cm³/mol. The average Bonchev–Trinajstić information content (AvgIpc) is 2.93. The van der Waals surface area contributed by atoms with Crippen LogP contribution in [0.25, 0.3) is 0 Å². The molecule has 0 heterocycles. The fourth-order valence-corrected chi connectivity index (χ4v) is 7.25. The third kappa shape index (κ3) is 9.98. The first-order valence-electron chi connectivity index (χ1n) is 17.2. The van der Waals surface area contributed by atoms with Gasteiger partial charge in [-0.1, -0.05) is 92.0 Å². The van der Waals surface area contributed by atoms with Crippen molar-refractivity contribution in [1.82, 2.24) is 0 Å². The van der Waals surface area contributed by atoms with E-state index in [-0.39, 0.29) is 41.5 Å². The zero-order valence-electron chi connectivity index (χ0n) is 29.1. The van der Waals surface area contributed by atoms with Crippen LogP contribution in [0.2, 0.25) is 0 Å². The summed E-state index contributed by atoms with van der Waals surface area (Å²) in [5, 5.41) is 0. The quantitative estimate of drug-likeness (QED) is 0.206. The molecule has 0 saturated heterocycles. The summed E-state index contributed by atoms with van der Waals surface area (Å²) in [6, 6.07) is 9.23. The number of Topliss-reactive ketones (excluding diaryl/α,β-unsaturated/α-hetero) is 3. The first-order valence-corrected chi connectivity index (χ1v) is 17.2. The molecule has 0 amide bonds. The van der Waals surface area contributed by atoms with Crippen molar-refractivity contribution < 1.29 is 14.4 Å². The van der Waals surface area contributed by atoms with E-state index in [1.165, 1.54) is 46.7 Å². The molecule has 3 rings (SSSR count). The molecule has 0 bridgehead atoms. The number of fused-ring (bicyclic) bond motifs is 1. The summed E-state index contributed by atoms with van der Waals surface area (Å²) in [6.45, 7) is 21.0. The first kappa shape index (κ1) is 36.6. The maximum Gasteiger partial charge on any atom is 0.163 e. The zero-order chi connectivity index (χ0) is 32.3. The van der Waals surface area contributed by atoms with Crippen molar-refractivity contribution in [1.29, 1.82) is 0 Å². The molecule has 0 aromatic heterocycles. The predicted octanol–water partition coefficient (Wildman–Crippen LogP) is 10.3. The Kier molecular flexibility index (Phi) is 15.1. The highest BCUT2D eigenvalue weighted by Crippen LogP contribution is 2.40. The van der Waals surface area contributed by atoms with E-state index in [1.807, 2.05) is 0 Å². The smallest absolute Gasteiger partial charge is 0.163 e. The molecule has 1 aliphatic rings. The van der Waals surface area contributed by atoms with E-state index in [9.17, 15) is 14.4 Å². The van der Waals surface area contributed by atoms with Gasteiger partial charge in [0.1, 0.15) is 11.6 Å². The van der Waals surface area contributed by atoms with E-state index in [2.05, 4.69) is 86.6 Å². The molecule has 3 atom stereocenters. The highest BCUT2D eigenvalue weighted by molar-refractivity contribution is 6.01. The summed E-state index contributed by atoms with van der Waals surface area (Å²) in [5.41, 5.74) is 10.1. The Bertz CT molecular complexity index is 1230. The van der Waals surface area contributed by atoms with Crippen molar-refractivity contribution in [2.45, 2.75) is 146 Å². The molecule has 0 spiro atoms. The van der Waals surface area contributed by atoms with Gasteiger partial charge in [0.05, 0.1) is 6.42 Å². The Morgan fingerprint density at radius 3 is 2.14 bits per heavy atom. The molecular formula is C40H60O3. The Balaban J connectivity index is 0.00000206. The third-order valence-corrected chi connectivity index (χ3v) is 9.32. The molecule has 0 saturated carbocycles. The first-order chi connectivity index (χ1) is 20.4. The zero-order valence-corrected chi connectivity index (χ0v) is 29.1. The lowest BCUT2D eigenvalue weighted by molar-refractivity contribution is -0.129. The van der Waals surface area contributed by atoms with E-state index in [1.54, 1.807) is 0 Å². The highest BCUT2D eigenvalue weighted by Gasteiger charge is 2.34. The van der Waals surface area contributed by atoms with E-state index in [4.69, 9.17) is 0 Å². The van der Waals surface area contributed by atoms with Gasteiger partial charge < -0.3 is 0 Å². The number of ketones is 3. The van der Waals surface area contributed by atoms with E-state index in [0.717, 1.165) is 62.5 Å². The number of rotatable bonds is 14. The fraction of sp³-hybridized carbons (Fsp3) is 0.625. The second-order valence-electron chi connectivity index (χ2n) is 13.4. The molecular weight excluding hydrogens is 528 g/mol. The van der Waals surface area contributed by atoms with Gasteiger partial charge in [-0.25, -0.2) is 0 Å². The number of hydrogen-bond donors (Lipinski definition) is 0. The Morgan fingerprint density at radius 2 is 1.60 bits per heavy atom. The summed E-state index contributed by atoms with van der Waals surface area (Å²) < 4.78 is 0. The molecule has 238 valence electrons. The van der Waals surface area contributed by atoms with Crippen LogP contribution in [0.1, 0.15) is 156 Å². The van der Waals surface area contributed by atoms with Crippen LogP contribution in [-0.4, -0.2) is 17.3 Å². The second kappa shape index (κ2) is 17.7. The summed E-state index contributed by atoms with van der Waals surface area (Å²) in [4.78, 5) is 38.4. The number of carbonyl (C=O) groups is 3. The number of carbonyl (C=O) groups excluding carboxylic acids is 3. The minimum absolute atomic E-state index is 0.0347. The average molecular weight is 589 g/mol. The van der Waals surface area contributed by atoms with Crippen molar-refractivity contribution in [3.8, 4) is 0 Å². The maximum atomic E-state index is 13.8. The van der Waals surface area contributed by atoms with Gasteiger partial charge in [0.2, 0.25) is 0 Å². The van der Waals surface area contributed by atoms with Gasteiger partial charge in [-0.3, -0.25) is 14.4 Å². The van der Waals surface area contributed by atoms with Gasteiger partial charge in [-0.15, -0.1) is 0 Å². The lowest BCUT2D eigenvalue weighted by atomic mass is 9.70. The number of benzene rings is 2. The van der Waals surface area contributed by atoms with E-state index >= 15 is 0 Å². The summed E-state index contributed by atoms with van der Waals surface area (Å²) in [5.74, 6) is 1.03. The van der Waals surface area contributed by atoms with Crippen LogP contribution >= 0.6 is 0 Å². The maximum absolute atomic E-state index is 13.8. The lowest BCUT2D eigenvalue weighted by Gasteiger charge is -2.33. The summed E-state index contributed by atoms with van der Waals surface area (Å²) in [6.07, 6.45) is 9.34. The van der Waals surface area contributed by atoms with Gasteiger partial charge in [0.25, 0.3) is 0 Å². The van der Waals surface area contributed by atoms with Gasteiger partial charge >= 0.3 is 0 Å². The normalized spacial score (nSPS) is 15.9. The van der Waals surface area contributed by atoms with Crippen LogP contribution < -0.4 is 0 Å². The van der Waals surface area contributed by atoms with Crippen LogP contribution in [0, 0.1) is 31.6 Å². The van der Waals surface area contributed by atoms with Gasteiger partial charge in [0.15, 0.2) is 5.78 Å². The fourth-order valence-electron chi connectivity index (χ4n) is 7.25. The van der Waals surface area contributed by atoms with E-state index in [0.29, 0.717) is 12.3 Å². The summed E-state index contributed by atoms with van der Waals surface area (Å²) in [7, 11) is 0. The van der Waals surface area contributed by atoms with Crippen LogP contribution in [0.15, 0.2) is 24.3 Å². The molecule has 3 heteroatoms. The van der Waals surface area contributed by atoms with Crippen molar-refractivity contribution in [3.63, 3.8) is 0 Å². The molecule has 0 fully saturated rings. The largest absolute Gasteiger partial charge is 0.300 e. The van der Waals surface area contributed by atoms with Crippen LogP contribution in [0.3, 0.4) is 0 Å². The molecule has 0 radical (unpaired) electrons. The van der Waals surface area contributed by atoms with Crippen molar-refractivity contribution >= 4 is 17.3 Å². The van der Waals surface area contributed by atoms with Gasteiger partial charge in [-0.05, 0) is 116 Å². The molecule has 2 aromatic carbocycles. The lowest BCUT2D eigenvalue weighted by Crippen LogP contribution is -2.30. The van der Waals surface area contributed by atoms with Gasteiger partial charge in [0, 0.05) is 17.9 Å². The Morgan fingerprint density at radius 1 is 0.930 bits per heavy atom. The van der Waals surface area contributed by atoms with Crippen molar-refractivity contribution in [2.75, 3.05) is 0 Å². The molecule has 1 aliphatic carbocycles. The number of aryl methyl sites for hydroxylation is 4. The second-order valence-corrected chi connectivity index (χ2v) is 13.4. The molecule has 0 N–H and O–H groups in total. The minimum atomic E-state index is -0.0935. The number of hydrogen-bond acceptors (Lipinski definition) is 3. The molecule has 0 aliphatic heterocycles. The topological polar surface area (TPSA) is 51.2 Å². The standard InChI is InChI=1S/C37H52O3.C3H8/c1-9-12-31(32(11-3)35(39)18-25(7)38)19-28-20-34-33(23(4)5)22-30(26(8)37(34)36(40)21-28)16-14-27-13-15-29(10-2)24(6)17-27;1-3-2/h13,15,17,22-23,28,31-32H,9-12,14,16,18-21H2,1-8H3;3H2,1-2H3. The van der Waals surface area contributed by atoms with Crippen LogP contribution in [0.4, 0.5) is 0 Å². The van der Waals surface area contributed by atoms with E-state index < -0.39 is 0 Å². The molecule has 3 nitrogen and oxygen atoms in total. The molecule has 3 unspecified atom stereocenters. The van der Waals surface area contributed by atoms with Crippen LogP contribution in [0.5, 0.6) is 0 Å². The van der Waals surface area contributed by atoms with Crippen LogP contribution in [-0.2, 0) is 35.3 Å². The van der Waals surface area contributed by atoms with Crippen molar-refractivity contribution in [2.24, 2.45) is 17.8 Å². The highest BCUT2D eigenvalue weighted by atomic mass is 16.1.